The summed E-state index contributed by atoms with van der Waals surface area (Å²) < 4.78 is 5.58. The molecule has 1 aliphatic rings. The van der Waals surface area contributed by atoms with Gasteiger partial charge in [0, 0.05) is 18.6 Å². The van der Waals surface area contributed by atoms with Gasteiger partial charge in [-0.2, -0.15) is 0 Å². The average Bonchev–Trinajstić information content (AvgIpc) is 2.60. The van der Waals surface area contributed by atoms with E-state index in [0.717, 1.165) is 30.9 Å². The molecule has 0 aliphatic carbocycles. The fourth-order valence-electron chi connectivity index (χ4n) is 2.89. The van der Waals surface area contributed by atoms with Crippen molar-refractivity contribution in [3.05, 3.63) is 29.8 Å². The molecule has 2 unspecified atom stereocenters. The maximum absolute atomic E-state index is 6.53. The van der Waals surface area contributed by atoms with Crippen LogP contribution in [0.4, 0.5) is 0 Å². The number of likely N-dealkylation sites (N-methyl/N-ethyl adjacent to an activating group) is 2. The quantitative estimate of drug-likeness (QED) is 0.910. The van der Waals surface area contributed by atoms with E-state index in [9.17, 15) is 0 Å². The van der Waals surface area contributed by atoms with Gasteiger partial charge in [0.05, 0.1) is 6.61 Å². The number of hydrogen-bond donors (Lipinski definition) is 1. The lowest BCUT2D eigenvalue weighted by atomic mass is 9.98. The normalized spacial score (nSPS) is 23.3. The molecule has 20 heavy (non-hydrogen) atoms. The standard InChI is InChI=1S/C16H27N3O/c1-4-20-14-8-5-7-13(11-14)16(17)15-12-18(2)9-6-10-19(15)3/h5,7-8,11,15-16H,4,6,9-10,12,17H2,1-3H3. The van der Waals surface area contributed by atoms with E-state index in [4.69, 9.17) is 10.5 Å². The Bertz CT molecular complexity index is 424. The number of benzene rings is 1. The zero-order chi connectivity index (χ0) is 14.5. The second-order valence-electron chi connectivity index (χ2n) is 5.70. The molecule has 0 bridgehead atoms. The van der Waals surface area contributed by atoms with E-state index in [1.807, 2.05) is 19.1 Å². The molecule has 1 aliphatic heterocycles. The number of rotatable bonds is 4. The van der Waals surface area contributed by atoms with E-state index in [-0.39, 0.29) is 6.04 Å². The Kier molecular flexibility index (Phi) is 5.40. The summed E-state index contributed by atoms with van der Waals surface area (Å²) >= 11 is 0. The summed E-state index contributed by atoms with van der Waals surface area (Å²) in [5.74, 6) is 0.907. The molecule has 0 amide bonds. The van der Waals surface area contributed by atoms with E-state index in [0.29, 0.717) is 12.6 Å². The van der Waals surface area contributed by atoms with Crippen LogP contribution in [0.2, 0.25) is 0 Å². The van der Waals surface area contributed by atoms with Crippen LogP contribution < -0.4 is 10.5 Å². The molecule has 1 saturated heterocycles. The highest BCUT2D eigenvalue weighted by atomic mass is 16.5. The van der Waals surface area contributed by atoms with Crippen molar-refractivity contribution in [1.82, 2.24) is 9.80 Å². The van der Waals surface area contributed by atoms with Gasteiger partial charge in [-0.15, -0.1) is 0 Å². The first-order valence-corrected chi connectivity index (χ1v) is 7.49. The summed E-state index contributed by atoms with van der Waals surface area (Å²) in [4.78, 5) is 4.77. The van der Waals surface area contributed by atoms with Crippen molar-refractivity contribution in [3.63, 3.8) is 0 Å². The molecule has 0 aromatic heterocycles. The molecule has 1 aromatic carbocycles. The smallest absolute Gasteiger partial charge is 0.119 e. The predicted octanol–water partition coefficient (Wildman–Crippen LogP) is 1.72. The molecule has 1 heterocycles. The molecule has 4 nitrogen and oxygen atoms in total. The summed E-state index contributed by atoms with van der Waals surface area (Å²) in [5.41, 5.74) is 7.69. The lowest BCUT2D eigenvalue weighted by Crippen LogP contribution is -2.45. The van der Waals surface area contributed by atoms with Crippen LogP contribution in [0.15, 0.2) is 24.3 Å². The van der Waals surface area contributed by atoms with Crippen molar-refractivity contribution in [2.45, 2.75) is 25.4 Å². The van der Waals surface area contributed by atoms with Crippen LogP contribution in [0.1, 0.15) is 24.9 Å². The molecular weight excluding hydrogens is 250 g/mol. The zero-order valence-corrected chi connectivity index (χ0v) is 12.9. The van der Waals surface area contributed by atoms with E-state index >= 15 is 0 Å². The minimum atomic E-state index is 0.0148. The third kappa shape index (κ3) is 3.72. The van der Waals surface area contributed by atoms with Gasteiger partial charge in [0.15, 0.2) is 0 Å². The van der Waals surface area contributed by atoms with Crippen LogP contribution in [-0.4, -0.2) is 56.2 Å². The highest BCUT2D eigenvalue weighted by Crippen LogP contribution is 2.24. The lowest BCUT2D eigenvalue weighted by molar-refractivity contribution is 0.196. The van der Waals surface area contributed by atoms with E-state index < -0.39 is 0 Å². The summed E-state index contributed by atoms with van der Waals surface area (Å²) in [6.07, 6.45) is 1.20. The van der Waals surface area contributed by atoms with Gasteiger partial charge in [0.2, 0.25) is 0 Å². The number of ether oxygens (including phenoxy) is 1. The van der Waals surface area contributed by atoms with Crippen LogP contribution in [0, 0.1) is 0 Å². The third-order valence-electron chi connectivity index (χ3n) is 4.08. The van der Waals surface area contributed by atoms with Gasteiger partial charge in [-0.25, -0.2) is 0 Å². The first kappa shape index (κ1) is 15.3. The number of nitrogens with zero attached hydrogens (tertiary/aromatic N) is 2. The van der Waals surface area contributed by atoms with E-state index in [1.165, 1.54) is 6.42 Å². The Hall–Kier alpha value is -1.10. The fourth-order valence-corrected chi connectivity index (χ4v) is 2.89. The SMILES string of the molecule is CCOc1cccc(C(N)C2CN(C)CCCN2C)c1. The summed E-state index contributed by atoms with van der Waals surface area (Å²) in [6, 6.07) is 8.56. The van der Waals surface area contributed by atoms with Gasteiger partial charge < -0.3 is 20.3 Å². The first-order valence-electron chi connectivity index (χ1n) is 7.49. The Morgan fingerprint density at radius 3 is 2.90 bits per heavy atom. The summed E-state index contributed by atoms with van der Waals surface area (Å²) in [5, 5.41) is 0. The van der Waals surface area contributed by atoms with Crippen molar-refractivity contribution in [2.75, 3.05) is 40.3 Å². The van der Waals surface area contributed by atoms with Gasteiger partial charge in [-0.05, 0) is 58.2 Å². The van der Waals surface area contributed by atoms with Crippen molar-refractivity contribution in [2.24, 2.45) is 5.73 Å². The summed E-state index contributed by atoms with van der Waals surface area (Å²) in [6.45, 7) is 5.95. The van der Waals surface area contributed by atoms with Crippen molar-refractivity contribution in [1.29, 1.82) is 0 Å². The second kappa shape index (κ2) is 7.07. The van der Waals surface area contributed by atoms with Gasteiger partial charge in [-0.1, -0.05) is 12.1 Å². The Morgan fingerprint density at radius 2 is 2.15 bits per heavy atom. The molecule has 112 valence electrons. The molecular formula is C16H27N3O. The number of nitrogens with two attached hydrogens (primary N) is 1. The van der Waals surface area contributed by atoms with Crippen LogP contribution in [0.5, 0.6) is 5.75 Å². The maximum atomic E-state index is 6.53. The van der Waals surface area contributed by atoms with Crippen molar-refractivity contribution < 1.29 is 4.74 Å². The predicted molar refractivity (Wildman–Crippen MR) is 83.1 cm³/mol. The van der Waals surface area contributed by atoms with Gasteiger partial charge in [0.25, 0.3) is 0 Å². The topological polar surface area (TPSA) is 41.7 Å². The molecule has 2 atom stereocenters. The number of hydrogen-bond acceptors (Lipinski definition) is 4. The van der Waals surface area contributed by atoms with Crippen LogP contribution in [-0.2, 0) is 0 Å². The molecule has 1 aromatic rings. The Balaban J connectivity index is 2.15. The van der Waals surface area contributed by atoms with E-state index in [2.05, 4.69) is 36.0 Å². The zero-order valence-electron chi connectivity index (χ0n) is 12.9. The molecule has 0 radical (unpaired) electrons. The molecule has 1 fully saturated rings. The fraction of sp³-hybridized carbons (Fsp3) is 0.625. The van der Waals surface area contributed by atoms with Crippen LogP contribution in [0.25, 0.3) is 0 Å². The second-order valence-corrected chi connectivity index (χ2v) is 5.70. The van der Waals surface area contributed by atoms with Crippen molar-refractivity contribution in [3.8, 4) is 5.75 Å². The molecule has 0 saturated carbocycles. The largest absolute Gasteiger partial charge is 0.494 e. The monoisotopic (exact) mass is 277 g/mol. The van der Waals surface area contributed by atoms with Crippen molar-refractivity contribution >= 4 is 0 Å². The lowest BCUT2D eigenvalue weighted by Gasteiger charge is -2.32. The maximum Gasteiger partial charge on any atom is 0.119 e. The molecule has 2 N–H and O–H groups in total. The van der Waals surface area contributed by atoms with E-state index in [1.54, 1.807) is 0 Å². The van der Waals surface area contributed by atoms with Crippen LogP contribution >= 0.6 is 0 Å². The molecule has 0 spiro atoms. The molecule has 2 rings (SSSR count). The minimum Gasteiger partial charge on any atom is -0.494 e. The third-order valence-corrected chi connectivity index (χ3v) is 4.08. The average molecular weight is 277 g/mol. The Labute approximate surface area is 122 Å². The minimum absolute atomic E-state index is 0.0148. The van der Waals surface area contributed by atoms with Crippen LogP contribution in [0.3, 0.4) is 0 Å². The molecule has 4 heteroatoms. The van der Waals surface area contributed by atoms with Gasteiger partial charge >= 0.3 is 0 Å². The first-order chi connectivity index (χ1) is 9.61. The Morgan fingerprint density at radius 1 is 1.35 bits per heavy atom. The van der Waals surface area contributed by atoms with Gasteiger partial charge in [0.1, 0.15) is 5.75 Å². The van der Waals surface area contributed by atoms with Gasteiger partial charge in [-0.3, -0.25) is 0 Å². The highest BCUT2D eigenvalue weighted by Gasteiger charge is 2.27. The summed E-state index contributed by atoms with van der Waals surface area (Å²) in [7, 11) is 4.35. The highest BCUT2D eigenvalue weighted by molar-refractivity contribution is 5.31.